The van der Waals surface area contributed by atoms with Gasteiger partial charge in [0.05, 0.1) is 11.0 Å². The Morgan fingerprint density at radius 2 is 2.26 bits per heavy atom. The number of nitrogens with zero attached hydrogens (tertiary/aromatic N) is 2. The Bertz CT molecular complexity index is 530. The summed E-state index contributed by atoms with van der Waals surface area (Å²) in [6, 6.07) is 7.36. The van der Waals surface area contributed by atoms with Gasteiger partial charge in [0, 0.05) is 31.1 Å². The molecular formula is C14H17N3O2. The molecule has 1 aromatic carbocycles. The second kappa shape index (κ2) is 5.37. The Morgan fingerprint density at radius 3 is 2.84 bits per heavy atom. The Kier molecular flexibility index (Phi) is 3.82. The summed E-state index contributed by atoms with van der Waals surface area (Å²) in [5.41, 5.74) is 1.98. The van der Waals surface area contributed by atoms with Crippen LogP contribution in [0.2, 0.25) is 0 Å². The van der Waals surface area contributed by atoms with Crippen LogP contribution < -0.4 is 5.32 Å². The van der Waals surface area contributed by atoms with Crippen molar-refractivity contribution in [1.82, 2.24) is 5.32 Å². The van der Waals surface area contributed by atoms with E-state index in [-0.39, 0.29) is 16.0 Å². The van der Waals surface area contributed by atoms with Gasteiger partial charge in [-0.2, -0.15) is 5.26 Å². The lowest BCUT2D eigenvalue weighted by Crippen LogP contribution is -2.23. The Labute approximate surface area is 112 Å². The molecule has 5 nitrogen and oxygen atoms in total. The molecule has 0 amide bonds. The van der Waals surface area contributed by atoms with Gasteiger partial charge in [0.25, 0.3) is 5.69 Å². The first-order valence-electron chi connectivity index (χ1n) is 6.38. The van der Waals surface area contributed by atoms with Crippen LogP contribution in [0.5, 0.6) is 0 Å². The minimum Gasteiger partial charge on any atom is -0.312 e. The van der Waals surface area contributed by atoms with Crippen LogP contribution in [0.3, 0.4) is 0 Å². The van der Waals surface area contributed by atoms with Crippen LogP contribution in [0.15, 0.2) is 18.2 Å². The topological polar surface area (TPSA) is 79.0 Å². The van der Waals surface area contributed by atoms with Crippen molar-refractivity contribution in [3.8, 4) is 6.07 Å². The Balaban J connectivity index is 1.95. The third-order valence-electron chi connectivity index (χ3n) is 3.84. The fraction of sp³-hybridized carbons (Fsp3) is 0.500. The molecule has 2 rings (SSSR count). The fourth-order valence-electron chi connectivity index (χ4n) is 2.28. The number of hydrogen-bond acceptors (Lipinski definition) is 4. The number of nitriles is 1. The summed E-state index contributed by atoms with van der Waals surface area (Å²) < 4.78 is 0. The summed E-state index contributed by atoms with van der Waals surface area (Å²) >= 11 is 0. The van der Waals surface area contributed by atoms with Gasteiger partial charge in [-0.05, 0) is 30.7 Å². The van der Waals surface area contributed by atoms with E-state index in [9.17, 15) is 10.1 Å². The predicted octanol–water partition coefficient (Wildman–Crippen LogP) is 2.69. The highest BCUT2D eigenvalue weighted by Crippen LogP contribution is 2.47. The largest absolute Gasteiger partial charge is 0.312 e. The van der Waals surface area contributed by atoms with Gasteiger partial charge in [0.1, 0.15) is 0 Å². The van der Waals surface area contributed by atoms with Crippen LogP contribution >= 0.6 is 0 Å². The first-order valence-corrected chi connectivity index (χ1v) is 6.38. The van der Waals surface area contributed by atoms with Crippen LogP contribution in [0.1, 0.15) is 30.4 Å². The zero-order chi connectivity index (χ0) is 13.9. The van der Waals surface area contributed by atoms with E-state index in [4.69, 9.17) is 5.26 Å². The minimum absolute atomic E-state index is 0.156. The number of rotatable bonds is 6. The van der Waals surface area contributed by atoms with Crippen molar-refractivity contribution in [2.75, 3.05) is 6.54 Å². The first kappa shape index (κ1) is 13.5. The van der Waals surface area contributed by atoms with E-state index in [1.54, 1.807) is 13.0 Å². The summed E-state index contributed by atoms with van der Waals surface area (Å²) in [6.45, 7) is 3.20. The summed E-state index contributed by atoms with van der Waals surface area (Å²) in [5, 5.41) is 22.9. The molecule has 0 unspecified atom stereocenters. The zero-order valence-corrected chi connectivity index (χ0v) is 11.0. The van der Waals surface area contributed by atoms with Crippen LogP contribution in [0.4, 0.5) is 5.69 Å². The number of hydrogen-bond donors (Lipinski definition) is 1. The maximum atomic E-state index is 10.9. The van der Waals surface area contributed by atoms with E-state index in [1.165, 1.54) is 6.07 Å². The van der Waals surface area contributed by atoms with E-state index < -0.39 is 0 Å². The monoisotopic (exact) mass is 259 g/mol. The highest BCUT2D eigenvalue weighted by molar-refractivity contribution is 5.44. The van der Waals surface area contributed by atoms with E-state index in [0.717, 1.165) is 24.9 Å². The minimum atomic E-state index is -0.350. The van der Waals surface area contributed by atoms with Gasteiger partial charge >= 0.3 is 0 Å². The molecule has 0 aliphatic heterocycles. The van der Waals surface area contributed by atoms with Gasteiger partial charge in [0.15, 0.2) is 0 Å². The van der Waals surface area contributed by atoms with Gasteiger partial charge in [-0.25, -0.2) is 0 Å². The molecule has 1 aromatic rings. The average molecular weight is 259 g/mol. The van der Waals surface area contributed by atoms with Gasteiger partial charge in [-0.3, -0.25) is 10.1 Å². The van der Waals surface area contributed by atoms with Gasteiger partial charge in [0.2, 0.25) is 0 Å². The summed E-state index contributed by atoms with van der Waals surface area (Å²) in [6.07, 6.45) is 2.79. The first-order chi connectivity index (χ1) is 9.08. The van der Waals surface area contributed by atoms with Crippen molar-refractivity contribution in [1.29, 1.82) is 5.26 Å². The third-order valence-corrected chi connectivity index (χ3v) is 3.84. The van der Waals surface area contributed by atoms with Crippen LogP contribution in [0.25, 0.3) is 0 Å². The lowest BCUT2D eigenvalue weighted by molar-refractivity contribution is -0.385. The van der Waals surface area contributed by atoms with Gasteiger partial charge in [-0.15, -0.1) is 0 Å². The molecule has 0 saturated heterocycles. The van der Waals surface area contributed by atoms with Crippen molar-refractivity contribution < 1.29 is 4.92 Å². The van der Waals surface area contributed by atoms with E-state index in [1.807, 2.05) is 6.07 Å². The molecule has 1 fully saturated rings. The molecule has 1 aliphatic carbocycles. The molecule has 19 heavy (non-hydrogen) atoms. The van der Waals surface area contributed by atoms with Crippen molar-refractivity contribution in [3.05, 3.63) is 39.4 Å². The predicted molar refractivity (Wildman–Crippen MR) is 71.4 cm³/mol. The second-order valence-electron chi connectivity index (χ2n) is 5.26. The van der Waals surface area contributed by atoms with Gasteiger partial charge < -0.3 is 5.32 Å². The van der Waals surface area contributed by atoms with Crippen molar-refractivity contribution >= 4 is 5.69 Å². The number of benzene rings is 1. The Morgan fingerprint density at radius 1 is 1.53 bits per heavy atom. The molecule has 5 heteroatoms. The number of nitrogens with one attached hydrogen (secondary N) is 1. The molecule has 1 N–H and O–H groups in total. The molecular weight excluding hydrogens is 242 g/mol. The molecule has 0 atom stereocenters. The van der Waals surface area contributed by atoms with Crippen molar-refractivity contribution in [2.24, 2.45) is 5.41 Å². The third kappa shape index (κ3) is 3.09. The summed E-state index contributed by atoms with van der Waals surface area (Å²) in [4.78, 5) is 10.5. The van der Waals surface area contributed by atoms with E-state index >= 15 is 0 Å². The quantitative estimate of drug-likeness (QED) is 0.629. The molecule has 100 valence electrons. The lowest BCUT2D eigenvalue weighted by Gasteiger charge is -2.13. The van der Waals surface area contributed by atoms with Gasteiger partial charge in [-0.1, -0.05) is 12.1 Å². The number of nitro benzene ring substituents is 1. The lowest BCUT2D eigenvalue weighted by atomic mass is 10.0. The second-order valence-corrected chi connectivity index (χ2v) is 5.26. The smallest absolute Gasteiger partial charge is 0.272 e. The molecule has 0 spiro atoms. The SMILES string of the molecule is Cc1c(CNCC2(CC#N)CC2)cccc1[N+](=O)[O-]. The molecule has 0 radical (unpaired) electrons. The number of nitro groups is 1. The summed E-state index contributed by atoms with van der Waals surface area (Å²) in [7, 11) is 0. The molecule has 0 heterocycles. The normalized spacial score (nSPS) is 15.8. The standard InChI is InChI=1S/C14H17N3O2/c1-11-12(3-2-4-13(11)17(18)19)9-16-10-14(5-6-14)7-8-15/h2-4,16H,5-7,9-10H2,1H3. The van der Waals surface area contributed by atoms with E-state index in [0.29, 0.717) is 18.5 Å². The maximum Gasteiger partial charge on any atom is 0.272 e. The highest BCUT2D eigenvalue weighted by Gasteiger charge is 2.41. The van der Waals surface area contributed by atoms with Crippen LogP contribution in [-0.4, -0.2) is 11.5 Å². The highest BCUT2D eigenvalue weighted by atomic mass is 16.6. The van der Waals surface area contributed by atoms with Crippen LogP contribution in [-0.2, 0) is 6.54 Å². The Hall–Kier alpha value is -1.93. The average Bonchev–Trinajstić information content (AvgIpc) is 3.11. The fourth-order valence-corrected chi connectivity index (χ4v) is 2.28. The maximum absolute atomic E-state index is 10.9. The summed E-state index contributed by atoms with van der Waals surface area (Å²) in [5.74, 6) is 0. The molecule has 0 bridgehead atoms. The zero-order valence-electron chi connectivity index (χ0n) is 11.0. The molecule has 0 aromatic heterocycles. The molecule has 1 aliphatic rings. The van der Waals surface area contributed by atoms with Crippen LogP contribution in [0, 0.1) is 33.8 Å². The van der Waals surface area contributed by atoms with Crippen molar-refractivity contribution in [3.63, 3.8) is 0 Å². The molecule has 1 saturated carbocycles. The van der Waals surface area contributed by atoms with E-state index in [2.05, 4.69) is 11.4 Å². The van der Waals surface area contributed by atoms with Crippen molar-refractivity contribution in [2.45, 2.75) is 32.7 Å².